The van der Waals surface area contributed by atoms with Crippen LogP contribution in [-0.4, -0.2) is 4.92 Å². The highest BCUT2D eigenvalue weighted by Gasteiger charge is 2.16. The summed E-state index contributed by atoms with van der Waals surface area (Å²) in [5.41, 5.74) is 3.83. The van der Waals surface area contributed by atoms with Gasteiger partial charge in [0.05, 0.1) is 33.8 Å². The zero-order valence-corrected chi connectivity index (χ0v) is 13.0. The summed E-state index contributed by atoms with van der Waals surface area (Å²) < 4.78 is 0. The van der Waals surface area contributed by atoms with E-state index in [2.05, 4.69) is 6.07 Å². The predicted octanol–water partition coefficient (Wildman–Crippen LogP) is 4.67. The maximum Gasteiger partial charge on any atom is 0.278 e. The molecule has 0 fully saturated rings. The summed E-state index contributed by atoms with van der Waals surface area (Å²) in [5.74, 6) is 0. The Balaban J connectivity index is 1.99. The van der Waals surface area contributed by atoms with Crippen molar-refractivity contribution in [3.8, 4) is 34.4 Å². The van der Waals surface area contributed by atoms with Gasteiger partial charge < -0.3 is 0 Å². The Morgan fingerprint density at radius 2 is 1.20 bits per heavy atom. The van der Waals surface area contributed by atoms with Crippen LogP contribution in [0.1, 0.15) is 11.1 Å². The first-order valence-corrected chi connectivity index (χ1v) is 7.42. The van der Waals surface area contributed by atoms with Gasteiger partial charge in [0.1, 0.15) is 0 Å². The molecule has 0 saturated heterocycles. The number of nitriles is 2. The van der Waals surface area contributed by atoms with E-state index in [-0.39, 0.29) is 11.3 Å². The van der Waals surface area contributed by atoms with Crippen LogP contribution >= 0.6 is 0 Å². The maximum atomic E-state index is 11.3. The molecule has 0 aromatic heterocycles. The Morgan fingerprint density at radius 1 is 0.720 bits per heavy atom. The molecule has 3 rings (SSSR count). The first kappa shape index (κ1) is 15.9. The molecule has 5 nitrogen and oxygen atoms in total. The van der Waals surface area contributed by atoms with Crippen LogP contribution < -0.4 is 0 Å². The van der Waals surface area contributed by atoms with Crippen molar-refractivity contribution in [1.29, 1.82) is 10.5 Å². The fraction of sp³-hybridized carbons (Fsp3) is 0. The third-order valence-corrected chi connectivity index (χ3v) is 3.87. The first-order chi connectivity index (χ1) is 12.1. The minimum Gasteiger partial charge on any atom is -0.258 e. The molecular weight excluding hydrogens is 314 g/mol. The molecule has 3 aromatic rings. The Bertz CT molecular complexity index is 1020. The van der Waals surface area contributed by atoms with Crippen molar-refractivity contribution in [3.05, 3.63) is 88.0 Å². The summed E-state index contributed by atoms with van der Waals surface area (Å²) in [6, 6.07) is 23.0. The quantitative estimate of drug-likeness (QED) is 0.516. The fourth-order valence-corrected chi connectivity index (χ4v) is 2.58. The second-order valence-electron chi connectivity index (χ2n) is 5.37. The molecule has 0 atom stereocenters. The summed E-state index contributed by atoms with van der Waals surface area (Å²) in [7, 11) is 0. The summed E-state index contributed by atoms with van der Waals surface area (Å²) >= 11 is 0. The van der Waals surface area contributed by atoms with Gasteiger partial charge in [-0.2, -0.15) is 10.5 Å². The molecular formula is C20H11N3O2. The van der Waals surface area contributed by atoms with Gasteiger partial charge in [-0.1, -0.05) is 36.4 Å². The van der Waals surface area contributed by atoms with Crippen molar-refractivity contribution in [3.63, 3.8) is 0 Å². The standard InChI is InChI=1S/C20H11N3O2/c21-12-14-1-4-16(5-2-14)17-6-8-18(9-7-17)19-10-3-15(13-22)11-20(19)23(24)25/h1-11H. The third kappa shape index (κ3) is 3.21. The molecule has 0 spiro atoms. The number of rotatable bonds is 3. The lowest BCUT2D eigenvalue weighted by Gasteiger charge is -2.06. The van der Waals surface area contributed by atoms with E-state index < -0.39 is 4.92 Å². The zero-order chi connectivity index (χ0) is 17.8. The van der Waals surface area contributed by atoms with Gasteiger partial charge in [0.25, 0.3) is 5.69 Å². The first-order valence-electron chi connectivity index (χ1n) is 7.42. The van der Waals surface area contributed by atoms with Crippen LogP contribution in [-0.2, 0) is 0 Å². The van der Waals surface area contributed by atoms with Crippen LogP contribution in [0, 0.1) is 32.8 Å². The van der Waals surface area contributed by atoms with Crippen molar-refractivity contribution >= 4 is 5.69 Å². The molecule has 0 N–H and O–H groups in total. The van der Waals surface area contributed by atoms with Crippen molar-refractivity contribution < 1.29 is 4.92 Å². The molecule has 3 aromatic carbocycles. The minimum atomic E-state index is -0.481. The topological polar surface area (TPSA) is 90.7 Å². The third-order valence-electron chi connectivity index (χ3n) is 3.87. The molecule has 0 bridgehead atoms. The minimum absolute atomic E-state index is 0.0924. The predicted molar refractivity (Wildman–Crippen MR) is 93.4 cm³/mol. The Labute approximate surface area is 144 Å². The highest BCUT2D eigenvalue weighted by molar-refractivity contribution is 5.77. The van der Waals surface area contributed by atoms with Gasteiger partial charge in [0.2, 0.25) is 0 Å². The number of nitro benzene ring substituents is 1. The lowest BCUT2D eigenvalue weighted by atomic mass is 9.98. The Morgan fingerprint density at radius 3 is 1.72 bits per heavy atom. The Hall–Kier alpha value is -3.96. The average molecular weight is 325 g/mol. The van der Waals surface area contributed by atoms with Crippen LogP contribution in [0.3, 0.4) is 0 Å². The number of hydrogen-bond acceptors (Lipinski definition) is 4. The molecule has 0 aliphatic rings. The molecule has 0 saturated carbocycles. The van der Waals surface area contributed by atoms with E-state index in [0.717, 1.165) is 11.1 Å². The van der Waals surface area contributed by atoms with Gasteiger partial charge in [0, 0.05) is 6.07 Å². The molecule has 0 radical (unpaired) electrons. The maximum absolute atomic E-state index is 11.3. The van der Waals surface area contributed by atoms with Gasteiger partial charge in [0.15, 0.2) is 0 Å². The van der Waals surface area contributed by atoms with Crippen LogP contribution in [0.4, 0.5) is 5.69 Å². The lowest BCUT2D eigenvalue weighted by molar-refractivity contribution is -0.384. The molecule has 118 valence electrons. The summed E-state index contributed by atoms with van der Waals surface area (Å²) in [5, 5.41) is 29.0. The summed E-state index contributed by atoms with van der Waals surface area (Å²) in [6.07, 6.45) is 0. The molecule has 0 aliphatic carbocycles. The highest BCUT2D eigenvalue weighted by atomic mass is 16.6. The fourth-order valence-electron chi connectivity index (χ4n) is 2.58. The number of nitrogens with zero attached hydrogens (tertiary/aromatic N) is 3. The number of nitro groups is 1. The molecule has 0 unspecified atom stereocenters. The van der Waals surface area contributed by atoms with E-state index in [0.29, 0.717) is 16.7 Å². The molecule has 25 heavy (non-hydrogen) atoms. The zero-order valence-electron chi connectivity index (χ0n) is 13.0. The summed E-state index contributed by atoms with van der Waals surface area (Å²) in [6.45, 7) is 0. The van der Waals surface area contributed by atoms with Gasteiger partial charge in [-0.05, 0) is 41.0 Å². The van der Waals surface area contributed by atoms with E-state index in [1.54, 1.807) is 24.3 Å². The largest absolute Gasteiger partial charge is 0.278 e. The molecule has 0 heterocycles. The van der Waals surface area contributed by atoms with Gasteiger partial charge in [-0.25, -0.2) is 0 Å². The Kier molecular flexibility index (Phi) is 4.24. The SMILES string of the molecule is N#Cc1ccc(-c2ccc(-c3ccc(C#N)cc3[N+](=O)[O-])cc2)cc1. The van der Waals surface area contributed by atoms with Crippen LogP contribution in [0.2, 0.25) is 0 Å². The monoisotopic (exact) mass is 325 g/mol. The normalized spacial score (nSPS) is 9.84. The highest BCUT2D eigenvalue weighted by Crippen LogP contribution is 2.32. The van der Waals surface area contributed by atoms with Crippen molar-refractivity contribution in [1.82, 2.24) is 0 Å². The van der Waals surface area contributed by atoms with E-state index in [9.17, 15) is 10.1 Å². The number of benzene rings is 3. The van der Waals surface area contributed by atoms with E-state index in [4.69, 9.17) is 10.5 Å². The van der Waals surface area contributed by atoms with Crippen molar-refractivity contribution in [2.24, 2.45) is 0 Å². The lowest BCUT2D eigenvalue weighted by Crippen LogP contribution is -1.93. The van der Waals surface area contributed by atoms with Crippen molar-refractivity contribution in [2.75, 3.05) is 0 Å². The molecule has 5 heteroatoms. The van der Waals surface area contributed by atoms with E-state index in [1.807, 2.05) is 42.5 Å². The van der Waals surface area contributed by atoms with E-state index in [1.165, 1.54) is 6.07 Å². The summed E-state index contributed by atoms with van der Waals surface area (Å²) in [4.78, 5) is 10.8. The van der Waals surface area contributed by atoms with E-state index >= 15 is 0 Å². The second-order valence-corrected chi connectivity index (χ2v) is 5.37. The van der Waals surface area contributed by atoms with Gasteiger partial charge in [-0.3, -0.25) is 10.1 Å². The van der Waals surface area contributed by atoms with Crippen LogP contribution in [0.25, 0.3) is 22.3 Å². The second kappa shape index (κ2) is 6.66. The van der Waals surface area contributed by atoms with Gasteiger partial charge in [-0.15, -0.1) is 0 Å². The molecule has 0 amide bonds. The number of hydrogen-bond donors (Lipinski definition) is 0. The van der Waals surface area contributed by atoms with Gasteiger partial charge >= 0.3 is 0 Å². The molecule has 0 aliphatic heterocycles. The smallest absolute Gasteiger partial charge is 0.258 e. The average Bonchev–Trinajstić information content (AvgIpc) is 2.67. The van der Waals surface area contributed by atoms with Crippen LogP contribution in [0.15, 0.2) is 66.7 Å². The van der Waals surface area contributed by atoms with Crippen molar-refractivity contribution in [2.45, 2.75) is 0 Å². The van der Waals surface area contributed by atoms with Crippen LogP contribution in [0.5, 0.6) is 0 Å².